The van der Waals surface area contributed by atoms with Gasteiger partial charge < -0.3 is 24.8 Å². The van der Waals surface area contributed by atoms with Crippen LogP contribution >= 0.6 is 0 Å². The standard InChI is InChI=1S/C13H9.C11H9.C2H4.2ClH.Hf/c1-3-7-12-10(5-1)9-11-6-2-4-8-13(11)12;1-2-6-10(7-3-1)11-8-4-5-9-11;1-2;;;/h1-5,7-8H,9H2;1-9H;1-2H2;2*1H;/q2*-1;;;;+4/p-2. The second-order valence-electron chi connectivity index (χ2n) is 5.94. The molecular formula is C26H22Cl2Hf. The predicted octanol–water partition coefficient (Wildman–Crippen LogP) is 0.938. The number of halogens is 2. The van der Waals surface area contributed by atoms with Gasteiger partial charge in [-0.1, -0.05) is 71.3 Å². The summed E-state index contributed by atoms with van der Waals surface area (Å²) in [6.07, 6.45) is 1.05. The van der Waals surface area contributed by atoms with Crippen molar-refractivity contribution >= 4 is 0 Å². The molecule has 0 fully saturated rings. The van der Waals surface area contributed by atoms with Crippen LogP contribution < -0.4 is 24.8 Å². The van der Waals surface area contributed by atoms with Crippen LogP contribution in [0.2, 0.25) is 0 Å². The molecule has 4 aromatic carbocycles. The first-order chi connectivity index (χ1) is 12.9. The van der Waals surface area contributed by atoms with Crippen molar-refractivity contribution < 1.29 is 50.7 Å². The van der Waals surface area contributed by atoms with E-state index < -0.39 is 0 Å². The fourth-order valence-corrected chi connectivity index (χ4v) is 3.19. The molecule has 0 amide bonds. The number of benzene rings is 3. The average Bonchev–Trinajstić information content (AvgIpc) is 3.39. The van der Waals surface area contributed by atoms with Crippen molar-refractivity contribution in [3.05, 3.63) is 127 Å². The van der Waals surface area contributed by atoms with Crippen LogP contribution in [0.1, 0.15) is 11.1 Å². The van der Waals surface area contributed by atoms with Gasteiger partial charge in [0.1, 0.15) is 0 Å². The third-order valence-corrected chi connectivity index (χ3v) is 4.39. The van der Waals surface area contributed by atoms with E-state index in [1.54, 1.807) is 0 Å². The molecule has 0 saturated carbocycles. The summed E-state index contributed by atoms with van der Waals surface area (Å²) in [6, 6.07) is 36.9. The summed E-state index contributed by atoms with van der Waals surface area (Å²) in [4.78, 5) is 0. The van der Waals surface area contributed by atoms with Gasteiger partial charge in [-0.25, -0.2) is 6.07 Å². The Balaban J connectivity index is 0.000000460. The van der Waals surface area contributed by atoms with Crippen molar-refractivity contribution in [2.45, 2.75) is 6.42 Å². The van der Waals surface area contributed by atoms with Gasteiger partial charge in [-0.3, -0.25) is 0 Å². The van der Waals surface area contributed by atoms with Crippen LogP contribution in [0.3, 0.4) is 0 Å². The average molecular weight is 584 g/mol. The molecule has 5 rings (SSSR count). The molecule has 4 aromatic rings. The Kier molecular flexibility index (Phi) is 13.3. The molecule has 0 aromatic heterocycles. The van der Waals surface area contributed by atoms with Gasteiger partial charge in [0.05, 0.1) is 0 Å². The first-order valence-corrected chi connectivity index (χ1v) is 8.77. The summed E-state index contributed by atoms with van der Waals surface area (Å²) in [5.74, 6) is 0. The zero-order valence-corrected chi connectivity index (χ0v) is 21.2. The smallest absolute Gasteiger partial charge is 1.00 e. The fourth-order valence-electron chi connectivity index (χ4n) is 3.19. The maximum absolute atomic E-state index is 3.30. The summed E-state index contributed by atoms with van der Waals surface area (Å²) >= 11 is 0. The normalized spacial score (nSPS) is 9.38. The van der Waals surface area contributed by atoms with Crippen molar-refractivity contribution in [3.8, 4) is 22.3 Å². The Morgan fingerprint density at radius 2 is 1.38 bits per heavy atom. The second kappa shape index (κ2) is 14.2. The van der Waals surface area contributed by atoms with Crippen LogP contribution in [-0.4, -0.2) is 0 Å². The van der Waals surface area contributed by atoms with Crippen LogP contribution in [0.4, 0.5) is 0 Å². The molecule has 1 aliphatic rings. The van der Waals surface area contributed by atoms with E-state index in [1.165, 1.54) is 33.4 Å². The van der Waals surface area contributed by atoms with Gasteiger partial charge in [-0.05, 0) is 6.42 Å². The zero-order chi connectivity index (χ0) is 18.2. The van der Waals surface area contributed by atoms with E-state index in [0.717, 1.165) is 6.42 Å². The van der Waals surface area contributed by atoms with Gasteiger partial charge in [-0.2, -0.15) is 53.6 Å². The molecule has 0 atom stereocenters. The SMILES string of the molecule is C=C.[Cl-].[Cl-].[Hf+4].[c-]1cccc2c1Cc1ccccc1-2.c1ccc(-c2cc[cH-]c2)cc1. The first-order valence-electron chi connectivity index (χ1n) is 8.77. The van der Waals surface area contributed by atoms with Gasteiger partial charge in [0.2, 0.25) is 0 Å². The van der Waals surface area contributed by atoms with Crippen molar-refractivity contribution in [1.82, 2.24) is 0 Å². The summed E-state index contributed by atoms with van der Waals surface area (Å²) in [5, 5.41) is 0. The Bertz CT molecular complexity index is 904. The predicted molar refractivity (Wildman–Crippen MR) is 112 cm³/mol. The number of rotatable bonds is 1. The molecule has 0 spiro atoms. The van der Waals surface area contributed by atoms with E-state index in [9.17, 15) is 0 Å². The minimum absolute atomic E-state index is 0. The van der Waals surface area contributed by atoms with Crippen molar-refractivity contribution in [2.24, 2.45) is 0 Å². The van der Waals surface area contributed by atoms with E-state index in [-0.39, 0.29) is 50.7 Å². The Morgan fingerprint density at radius 1 is 0.724 bits per heavy atom. The first kappa shape index (κ1) is 27.2. The van der Waals surface area contributed by atoms with Gasteiger partial charge >= 0.3 is 25.8 Å². The Morgan fingerprint density at radius 3 is 2.07 bits per heavy atom. The maximum Gasteiger partial charge on any atom is 4.00 e. The Hall–Kier alpha value is -1.80. The largest absolute Gasteiger partial charge is 4.00 e. The van der Waals surface area contributed by atoms with Crippen LogP contribution in [0.5, 0.6) is 0 Å². The molecule has 0 N–H and O–H groups in total. The topological polar surface area (TPSA) is 0 Å². The van der Waals surface area contributed by atoms with Crippen molar-refractivity contribution in [3.63, 3.8) is 0 Å². The second-order valence-corrected chi connectivity index (χ2v) is 5.94. The van der Waals surface area contributed by atoms with E-state index in [4.69, 9.17) is 0 Å². The quantitative estimate of drug-likeness (QED) is 0.157. The van der Waals surface area contributed by atoms with Crippen LogP contribution in [0, 0.1) is 6.07 Å². The van der Waals surface area contributed by atoms with Crippen LogP contribution in [-0.2, 0) is 32.3 Å². The summed E-state index contributed by atoms with van der Waals surface area (Å²) in [7, 11) is 0. The van der Waals surface area contributed by atoms with E-state index in [2.05, 4.69) is 104 Å². The molecule has 0 radical (unpaired) electrons. The molecule has 0 saturated heterocycles. The molecule has 29 heavy (non-hydrogen) atoms. The molecule has 144 valence electrons. The number of fused-ring (bicyclic) bond motifs is 3. The van der Waals surface area contributed by atoms with E-state index in [0.29, 0.717) is 0 Å². The minimum atomic E-state index is 0. The summed E-state index contributed by atoms with van der Waals surface area (Å²) < 4.78 is 0. The molecule has 1 aliphatic carbocycles. The summed E-state index contributed by atoms with van der Waals surface area (Å²) in [5.41, 5.74) is 8.10. The minimum Gasteiger partial charge on any atom is -1.00 e. The molecule has 0 nitrogen and oxygen atoms in total. The Labute approximate surface area is 205 Å². The van der Waals surface area contributed by atoms with Gasteiger partial charge in [-0.15, -0.1) is 18.7 Å². The molecule has 0 bridgehead atoms. The van der Waals surface area contributed by atoms with E-state index in [1.807, 2.05) is 12.1 Å². The monoisotopic (exact) mass is 584 g/mol. The maximum atomic E-state index is 3.30. The third-order valence-electron chi connectivity index (χ3n) is 4.39. The molecular weight excluding hydrogens is 562 g/mol. The van der Waals surface area contributed by atoms with E-state index >= 15 is 0 Å². The van der Waals surface area contributed by atoms with Crippen molar-refractivity contribution in [1.29, 1.82) is 0 Å². The molecule has 0 unspecified atom stereocenters. The number of hydrogen-bond acceptors (Lipinski definition) is 0. The van der Waals surface area contributed by atoms with Crippen LogP contribution in [0.25, 0.3) is 22.3 Å². The molecule has 3 heteroatoms. The fraction of sp³-hybridized carbons (Fsp3) is 0.0385. The van der Waals surface area contributed by atoms with Crippen molar-refractivity contribution in [2.75, 3.05) is 0 Å². The number of hydrogen-bond donors (Lipinski definition) is 0. The van der Waals surface area contributed by atoms with Gasteiger partial charge in [0, 0.05) is 0 Å². The van der Waals surface area contributed by atoms with Gasteiger partial charge in [0.25, 0.3) is 0 Å². The molecule has 0 heterocycles. The zero-order valence-electron chi connectivity index (χ0n) is 16.1. The third kappa shape index (κ3) is 6.89. The molecule has 0 aliphatic heterocycles. The van der Waals surface area contributed by atoms with Crippen LogP contribution in [0.15, 0.2) is 110 Å². The van der Waals surface area contributed by atoms with Gasteiger partial charge in [0.15, 0.2) is 0 Å². The summed E-state index contributed by atoms with van der Waals surface area (Å²) in [6.45, 7) is 6.00.